The number of ether oxygens (including phenoxy) is 2. The molecule has 2 saturated heterocycles. The smallest absolute Gasteiger partial charge is 0.414 e. The van der Waals surface area contributed by atoms with Crippen LogP contribution in [0.2, 0.25) is 0 Å². The summed E-state index contributed by atoms with van der Waals surface area (Å²) in [5, 5.41) is 40.5. The number of fused-ring (bicyclic) bond motifs is 1. The molecule has 0 atom stereocenters. The summed E-state index contributed by atoms with van der Waals surface area (Å²) in [4.78, 5) is 60.7. The molecular formula is C36H39N3O12S. The molecule has 2 aliphatic heterocycles. The van der Waals surface area contributed by atoms with Crippen molar-refractivity contribution in [2.75, 3.05) is 46.4 Å². The molecule has 52 heavy (non-hydrogen) atoms. The van der Waals surface area contributed by atoms with Crippen LogP contribution >= 0.6 is 11.3 Å². The third-order valence-corrected chi connectivity index (χ3v) is 9.46. The number of benzene rings is 2. The Morgan fingerprint density at radius 2 is 1.40 bits per heavy atom. The molecule has 4 aromatic rings. The molecule has 0 saturated carbocycles. The number of carboxylic acid groups (broad SMARTS) is 4. The third-order valence-electron chi connectivity index (χ3n) is 8.26. The highest BCUT2D eigenvalue weighted by Gasteiger charge is 2.24. The number of carboxylic acids is 4. The lowest BCUT2D eigenvalue weighted by molar-refractivity contribution is -0.159. The molecule has 4 heterocycles. The summed E-state index contributed by atoms with van der Waals surface area (Å²) in [6.07, 6.45) is 6.74. The van der Waals surface area contributed by atoms with Crippen LogP contribution in [0.4, 0.5) is 0 Å². The van der Waals surface area contributed by atoms with E-state index in [1.807, 2.05) is 36.4 Å². The quantitative estimate of drug-likeness (QED) is 0.113. The van der Waals surface area contributed by atoms with Gasteiger partial charge < -0.3 is 35.0 Å². The Morgan fingerprint density at radius 1 is 0.788 bits per heavy atom. The van der Waals surface area contributed by atoms with E-state index in [1.165, 1.54) is 37.0 Å². The second kappa shape index (κ2) is 18.6. The van der Waals surface area contributed by atoms with E-state index in [2.05, 4.69) is 14.8 Å². The number of thiophene rings is 1. The fourth-order valence-electron chi connectivity index (χ4n) is 5.74. The highest BCUT2D eigenvalue weighted by molar-refractivity contribution is 7.22. The first-order valence-corrected chi connectivity index (χ1v) is 17.1. The predicted molar refractivity (Wildman–Crippen MR) is 189 cm³/mol. The van der Waals surface area contributed by atoms with E-state index in [-0.39, 0.29) is 11.5 Å². The molecule has 0 amide bonds. The first-order chi connectivity index (χ1) is 24.9. The number of aliphatic carboxylic acids is 4. The van der Waals surface area contributed by atoms with E-state index < -0.39 is 23.9 Å². The molecule has 15 nitrogen and oxygen atoms in total. The summed E-state index contributed by atoms with van der Waals surface area (Å²) in [5.41, 5.74) is 3.11. The minimum atomic E-state index is -1.82. The van der Waals surface area contributed by atoms with Gasteiger partial charge in [-0.25, -0.2) is 24.2 Å². The molecule has 0 spiro atoms. The number of aromatic nitrogens is 1. The number of pyridine rings is 1. The molecule has 0 unspecified atom stereocenters. The van der Waals surface area contributed by atoms with Gasteiger partial charge in [-0.1, -0.05) is 12.1 Å². The lowest BCUT2D eigenvalue weighted by Gasteiger charge is -2.17. The zero-order chi connectivity index (χ0) is 37.8. The maximum absolute atomic E-state index is 14.1. The molecule has 2 aromatic heterocycles. The Kier molecular flexibility index (Phi) is 14.0. The van der Waals surface area contributed by atoms with Crippen molar-refractivity contribution >= 4 is 51.1 Å². The molecular weight excluding hydrogens is 698 g/mol. The molecule has 2 fully saturated rings. The van der Waals surface area contributed by atoms with Gasteiger partial charge in [-0.2, -0.15) is 0 Å². The summed E-state index contributed by atoms with van der Waals surface area (Å²) in [6, 6.07) is 14.8. The number of hydrogen-bond donors (Lipinski definition) is 5. The molecule has 16 heteroatoms. The number of rotatable bonds is 10. The van der Waals surface area contributed by atoms with Crippen LogP contribution in [-0.4, -0.2) is 116 Å². The van der Waals surface area contributed by atoms with Gasteiger partial charge in [-0.05, 0) is 82.2 Å². The van der Waals surface area contributed by atoms with Crippen molar-refractivity contribution < 1.29 is 59.0 Å². The van der Waals surface area contributed by atoms with Gasteiger partial charge in [-0.15, -0.1) is 11.3 Å². The van der Waals surface area contributed by atoms with Gasteiger partial charge in [0.2, 0.25) is 5.88 Å². The van der Waals surface area contributed by atoms with Crippen LogP contribution in [0, 0.1) is 0 Å². The summed E-state index contributed by atoms with van der Waals surface area (Å²) < 4.78 is 12.5. The van der Waals surface area contributed by atoms with Crippen molar-refractivity contribution in [3.63, 3.8) is 0 Å². The number of phenols is 1. The average Bonchev–Trinajstić information content (AvgIpc) is 3.91. The van der Waals surface area contributed by atoms with Crippen molar-refractivity contribution in [3.05, 3.63) is 71.4 Å². The molecule has 0 radical (unpaired) electrons. The van der Waals surface area contributed by atoms with E-state index in [1.54, 1.807) is 25.4 Å². The maximum Gasteiger partial charge on any atom is 0.414 e. The highest BCUT2D eigenvalue weighted by atomic mass is 32.1. The average molecular weight is 738 g/mol. The summed E-state index contributed by atoms with van der Waals surface area (Å²) in [6.45, 7) is 6.80. The van der Waals surface area contributed by atoms with Crippen LogP contribution in [0.3, 0.4) is 0 Å². The normalized spacial score (nSPS) is 14.1. The largest absolute Gasteiger partial charge is 0.508 e. The zero-order valence-corrected chi connectivity index (χ0v) is 29.1. The number of ketones is 1. The Hall–Kier alpha value is -5.58. The van der Waals surface area contributed by atoms with Crippen LogP contribution in [0.1, 0.15) is 47.2 Å². The van der Waals surface area contributed by atoms with Crippen molar-refractivity contribution in [2.24, 2.45) is 0 Å². The Balaban J connectivity index is 0.000000436. The second-order valence-electron chi connectivity index (χ2n) is 11.8. The van der Waals surface area contributed by atoms with E-state index in [9.17, 15) is 9.90 Å². The van der Waals surface area contributed by atoms with Crippen LogP contribution in [0.5, 0.6) is 17.4 Å². The predicted octanol–water partition coefficient (Wildman–Crippen LogP) is 4.29. The fourth-order valence-corrected chi connectivity index (χ4v) is 6.96. The number of likely N-dealkylation sites (tertiary alicyclic amines) is 2. The molecule has 5 N–H and O–H groups in total. The van der Waals surface area contributed by atoms with Crippen LogP contribution in [0.25, 0.3) is 20.5 Å². The van der Waals surface area contributed by atoms with Crippen molar-refractivity contribution in [1.82, 2.24) is 14.8 Å². The van der Waals surface area contributed by atoms with Crippen molar-refractivity contribution in [3.8, 4) is 27.8 Å². The second-order valence-corrected chi connectivity index (χ2v) is 12.9. The molecule has 2 aromatic carbocycles. The number of methoxy groups -OCH3 is 1. The lowest BCUT2D eigenvalue weighted by Crippen LogP contribution is -2.25. The zero-order valence-electron chi connectivity index (χ0n) is 28.3. The van der Waals surface area contributed by atoms with Crippen molar-refractivity contribution in [2.45, 2.75) is 32.2 Å². The molecule has 2 aliphatic rings. The standard InChI is InChI=1S/C32H35N3O4S.2C2H2O4/c1-38-27-18-22(6-7-24(27)21-35-14-4-5-15-35)31(37)30-26-10-9-25(36)19-28(26)40-32(30)23-8-11-29(33-20-23)39-17-16-34-12-2-3-13-34;2*3-1(4)2(5)6/h6-11,18-20,36H,2-5,12-17,21H2,1H3;2*(H,3,4)(H,5,6). The van der Waals surface area contributed by atoms with Gasteiger partial charge in [0.1, 0.15) is 18.1 Å². The summed E-state index contributed by atoms with van der Waals surface area (Å²) in [5.74, 6) is -5.90. The van der Waals surface area contributed by atoms with Gasteiger partial charge in [0, 0.05) is 62.6 Å². The molecule has 0 bridgehead atoms. The minimum absolute atomic E-state index is 0.0797. The number of nitrogens with zero attached hydrogens (tertiary/aromatic N) is 3. The van der Waals surface area contributed by atoms with E-state index in [0.29, 0.717) is 23.6 Å². The van der Waals surface area contributed by atoms with E-state index in [4.69, 9.17) is 49.1 Å². The first-order valence-electron chi connectivity index (χ1n) is 16.3. The van der Waals surface area contributed by atoms with E-state index >= 15 is 0 Å². The SMILES string of the molecule is COc1cc(C(=O)c2c(-c3ccc(OCCN4CCCC4)nc3)sc3cc(O)ccc23)ccc1CN1CCCC1.O=C(O)C(=O)O.O=C(O)C(=O)O. The number of carbonyl (C=O) groups is 5. The Bertz CT molecular complexity index is 1850. The highest BCUT2D eigenvalue weighted by Crippen LogP contribution is 2.41. The van der Waals surface area contributed by atoms with E-state index in [0.717, 1.165) is 71.1 Å². The number of phenolic OH excluding ortho intramolecular Hbond substituents is 1. The number of carbonyl (C=O) groups excluding carboxylic acids is 1. The summed E-state index contributed by atoms with van der Waals surface area (Å²) in [7, 11) is 1.66. The number of aromatic hydroxyl groups is 1. The Morgan fingerprint density at radius 3 is 1.96 bits per heavy atom. The number of hydrogen-bond acceptors (Lipinski definition) is 12. The van der Waals surface area contributed by atoms with Crippen molar-refractivity contribution in [1.29, 1.82) is 0 Å². The van der Waals surface area contributed by atoms with Gasteiger partial charge >= 0.3 is 23.9 Å². The monoisotopic (exact) mass is 737 g/mol. The lowest BCUT2D eigenvalue weighted by atomic mass is 9.97. The topological polar surface area (TPSA) is 224 Å². The minimum Gasteiger partial charge on any atom is -0.508 e. The Labute approximate surface area is 302 Å². The maximum atomic E-state index is 14.1. The fraction of sp³-hybridized carbons (Fsp3) is 0.333. The van der Waals surface area contributed by atoms with Gasteiger partial charge in [0.25, 0.3) is 0 Å². The molecule has 0 aliphatic carbocycles. The van der Waals surface area contributed by atoms with Gasteiger partial charge in [0.15, 0.2) is 5.78 Å². The molecule has 276 valence electrons. The first kappa shape index (κ1) is 39.2. The third kappa shape index (κ3) is 10.7. The summed E-state index contributed by atoms with van der Waals surface area (Å²) >= 11 is 1.48. The van der Waals surface area contributed by atoms with Gasteiger partial charge in [-0.3, -0.25) is 14.6 Å². The van der Waals surface area contributed by atoms with Crippen LogP contribution in [0.15, 0.2) is 54.7 Å². The van der Waals surface area contributed by atoms with Crippen LogP contribution in [-0.2, 0) is 25.7 Å². The van der Waals surface area contributed by atoms with Gasteiger partial charge in [0.05, 0.1) is 7.11 Å². The van der Waals surface area contributed by atoms with Crippen LogP contribution < -0.4 is 9.47 Å². The molecule has 6 rings (SSSR count).